The number of phenols is 1. The highest BCUT2D eigenvalue weighted by atomic mass is 16.4. The van der Waals surface area contributed by atoms with Crippen LogP contribution in [0.15, 0.2) is 54.7 Å². The van der Waals surface area contributed by atoms with Gasteiger partial charge in [0.1, 0.15) is 24.4 Å². The summed E-state index contributed by atoms with van der Waals surface area (Å²) in [7, 11) is 0. The minimum atomic E-state index is -1.44. The van der Waals surface area contributed by atoms with Crippen molar-refractivity contribution in [2.75, 3.05) is 13.2 Å². The molecule has 0 fully saturated rings. The molecule has 0 bridgehead atoms. The molecule has 0 saturated carbocycles. The number of aliphatic carboxylic acids is 1. The number of carbonyl (C=O) groups is 4. The molecule has 3 amide bonds. The molecule has 196 valence electrons. The number of nitrogens with two attached hydrogens (primary N) is 1. The molecule has 3 unspecified atom stereocenters. The van der Waals surface area contributed by atoms with Crippen LogP contribution in [0.5, 0.6) is 5.75 Å². The predicted molar refractivity (Wildman–Crippen MR) is 133 cm³/mol. The van der Waals surface area contributed by atoms with Crippen molar-refractivity contribution < 1.29 is 34.5 Å². The molecule has 1 aromatic heterocycles. The standard InChI is InChI=1S/C25H29N5O7/c26-18(10-15-11-27-19-4-2-1-3-17(15)19)23(35)29-20(9-14-5-7-16(32)8-6-14)25(37)30-21(13-31)24(36)28-12-22(33)34/h1-8,11,18,20-21,27,31-32H,9-10,12-13,26H2,(H,28,36)(H,29,35)(H,30,37)(H,33,34). The van der Waals surface area contributed by atoms with E-state index in [2.05, 4.69) is 20.9 Å². The summed E-state index contributed by atoms with van der Waals surface area (Å²) in [6.45, 7) is -1.49. The van der Waals surface area contributed by atoms with Gasteiger partial charge in [0.2, 0.25) is 17.7 Å². The molecule has 0 radical (unpaired) electrons. The number of hydrogen-bond donors (Lipinski definition) is 8. The van der Waals surface area contributed by atoms with Crippen LogP contribution in [-0.4, -0.2) is 75.3 Å². The van der Waals surface area contributed by atoms with E-state index in [1.165, 1.54) is 12.1 Å². The van der Waals surface area contributed by atoms with Crippen molar-refractivity contribution in [3.05, 3.63) is 65.9 Å². The van der Waals surface area contributed by atoms with Crippen molar-refractivity contribution in [1.82, 2.24) is 20.9 Å². The van der Waals surface area contributed by atoms with E-state index in [9.17, 15) is 29.4 Å². The van der Waals surface area contributed by atoms with E-state index in [1.54, 1.807) is 18.3 Å². The highest BCUT2D eigenvalue weighted by Crippen LogP contribution is 2.19. The summed E-state index contributed by atoms with van der Waals surface area (Å²) in [4.78, 5) is 52.0. The first-order valence-corrected chi connectivity index (χ1v) is 11.5. The lowest BCUT2D eigenvalue weighted by Gasteiger charge is -2.23. The van der Waals surface area contributed by atoms with Crippen molar-refractivity contribution in [1.29, 1.82) is 0 Å². The SMILES string of the molecule is NC(Cc1c[nH]c2ccccc12)C(=O)NC(Cc1ccc(O)cc1)C(=O)NC(CO)C(=O)NCC(=O)O. The third-order valence-corrected chi connectivity index (χ3v) is 5.69. The molecule has 1 heterocycles. The molecule has 37 heavy (non-hydrogen) atoms. The molecule has 2 aromatic carbocycles. The number of aliphatic hydroxyl groups excluding tert-OH is 1. The van der Waals surface area contributed by atoms with Gasteiger partial charge in [0.15, 0.2) is 0 Å². The zero-order valence-corrected chi connectivity index (χ0v) is 19.8. The third-order valence-electron chi connectivity index (χ3n) is 5.69. The van der Waals surface area contributed by atoms with E-state index in [0.717, 1.165) is 16.5 Å². The van der Waals surface area contributed by atoms with Crippen LogP contribution < -0.4 is 21.7 Å². The largest absolute Gasteiger partial charge is 0.508 e. The Morgan fingerprint density at radius 2 is 1.57 bits per heavy atom. The van der Waals surface area contributed by atoms with Crippen LogP contribution in [0.2, 0.25) is 0 Å². The number of H-pyrrole nitrogens is 1. The van der Waals surface area contributed by atoms with Crippen molar-refractivity contribution in [3.63, 3.8) is 0 Å². The molecular formula is C25H29N5O7. The Balaban J connectivity index is 1.73. The fourth-order valence-electron chi connectivity index (χ4n) is 3.74. The molecule has 12 heteroatoms. The Kier molecular flexibility index (Phi) is 9.19. The first-order chi connectivity index (χ1) is 17.7. The quantitative estimate of drug-likeness (QED) is 0.153. The molecule has 0 saturated heterocycles. The van der Waals surface area contributed by atoms with Crippen LogP contribution in [0.4, 0.5) is 0 Å². The van der Waals surface area contributed by atoms with E-state index in [1.807, 2.05) is 24.3 Å². The van der Waals surface area contributed by atoms with Gasteiger partial charge in [0.25, 0.3) is 0 Å². The Morgan fingerprint density at radius 3 is 2.24 bits per heavy atom. The van der Waals surface area contributed by atoms with E-state index in [0.29, 0.717) is 5.56 Å². The number of para-hydroxylation sites is 1. The smallest absolute Gasteiger partial charge is 0.322 e. The van der Waals surface area contributed by atoms with Gasteiger partial charge in [-0.15, -0.1) is 0 Å². The molecule has 9 N–H and O–H groups in total. The lowest BCUT2D eigenvalue weighted by atomic mass is 10.0. The maximum atomic E-state index is 13.0. The van der Waals surface area contributed by atoms with E-state index < -0.39 is 55.0 Å². The normalized spacial score (nSPS) is 13.4. The van der Waals surface area contributed by atoms with Crippen LogP contribution in [0.1, 0.15) is 11.1 Å². The van der Waals surface area contributed by atoms with Gasteiger partial charge in [-0.1, -0.05) is 30.3 Å². The monoisotopic (exact) mass is 511 g/mol. The Morgan fingerprint density at radius 1 is 0.892 bits per heavy atom. The number of aliphatic hydroxyl groups is 1. The Bertz CT molecular complexity index is 1260. The average molecular weight is 512 g/mol. The number of aromatic nitrogens is 1. The lowest BCUT2D eigenvalue weighted by molar-refractivity contribution is -0.138. The molecule has 0 aliphatic heterocycles. The van der Waals surface area contributed by atoms with Crippen LogP contribution in [0.25, 0.3) is 10.9 Å². The molecule has 0 spiro atoms. The van der Waals surface area contributed by atoms with Crippen molar-refractivity contribution in [3.8, 4) is 5.75 Å². The topological polar surface area (TPSA) is 207 Å². The number of carboxylic acids is 1. The number of aromatic amines is 1. The maximum Gasteiger partial charge on any atom is 0.322 e. The minimum Gasteiger partial charge on any atom is -0.508 e. The second kappa shape index (κ2) is 12.5. The predicted octanol–water partition coefficient (Wildman–Crippen LogP) is -0.851. The molecule has 3 aromatic rings. The van der Waals surface area contributed by atoms with Crippen LogP contribution in [0, 0.1) is 0 Å². The fourth-order valence-corrected chi connectivity index (χ4v) is 3.74. The van der Waals surface area contributed by atoms with E-state index in [-0.39, 0.29) is 18.6 Å². The maximum absolute atomic E-state index is 13.0. The highest BCUT2D eigenvalue weighted by Gasteiger charge is 2.28. The van der Waals surface area contributed by atoms with Gasteiger partial charge < -0.3 is 42.0 Å². The Hall–Kier alpha value is -4.42. The van der Waals surface area contributed by atoms with Gasteiger partial charge in [-0.25, -0.2) is 0 Å². The summed E-state index contributed by atoms with van der Waals surface area (Å²) in [5.41, 5.74) is 8.47. The molecule has 0 aliphatic rings. The van der Waals surface area contributed by atoms with Crippen molar-refractivity contribution >= 4 is 34.6 Å². The summed E-state index contributed by atoms with van der Waals surface area (Å²) < 4.78 is 0. The number of amides is 3. The first-order valence-electron chi connectivity index (χ1n) is 11.5. The molecule has 12 nitrogen and oxygen atoms in total. The zero-order chi connectivity index (χ0) is 26.9. The number of nitrogens with one attached hydrogen (secondary N) is 4. The number of hydrogen-bond acceptors (Lipinski definition) is 7. The number of rotatable bonds is 12. The fraction of sp³-hybridized carbons (Fsp3) is 0.280. The van der Waals surface area contributed by atoms with Crippen molar-refractivity contribution in [2.24, 2.45) is 5.73 Å². The summed E-state index contributed by atoms with van der Waals surface area (Å²) in [5.74, 6) is -3.57. The van der Waals surface area contributed by atoms with Crippen LogP contribution in [0.3, 0.4) is 0 Å². The van der Waals surface area contributed by atoms with Gasteiger partial charge in [-0.3, -0.25) is 19.2 Å². The number of phenolic OH excluding ortho intramolecular Hbond substituents is 1. The van der Waals surface area contributed by atoms with Gasteiger partial charge in [-0.05, 0) is 35.7 Å². The summed E-state index contributed by atoms with van der Waals surface area (Å²) in [6, 6.07) is 9.89. The minimum absolute atomic E-state index is 0.00739. The molecule has 0 aliphatic carbocycles. The van der Waals surface area contributed by atoms with E-state index >= 15 is 0 Å². The number of carbonyl (C=O) groups excluding carboxylic acids is 3. The number of benzene rings is 2. The van der Waals surface area contributed by atoms with Crippen molar-refractivity contribution in [2.45, 2.75) is 31.0 Å². The molecule has 3 atom stereocenters. The zero-order valence-electron chi connectivity index (χ0n) is 19.8. The third kappa shape index (κ3) is 7.53. The van der Waals surface area contributed by atoms with Gasteiger partial charge in [0, 0.05) is 23.5 Å². The Labute approximate surface area is 211 Å². The second-order valence-electron chi connectivity index (χ2n) is 8.46. The number of fused-ring (bicyclic) bond motifs is 1. The van der Waals surface area contributed by atoms with Crippen LogP contribution in [-0.2, 0) is 32.0 Å². The number of aromatic hydroxyl groups is 1. The van der Waals surface area contributed by atoms with Gasteiger partial charge in [0.05, 0.1) is 12.6 Å². The van der Waals surface area contributed by atoms with Gasteiger partial charge in [-0.2, -0.15) is 0 Å². The van der Waals surface area contributed by atoms with Crippen LogP contribution >= 0.6 is 0 Å². The second-order valence-corrected chi connectivity index (χ2v) is 8.46. The molecule has 3 rings (SSSR count). The van der Waals surface area contributed by atoms with Gasteiger partial charge >= 0.3 is 5.97 Å². The lowest BCUT2D eigenvalue weighted by Crippen LogP contribution is -2.57. The summed E-state index contributed by atoms with van der Waals surface area (Å²) in [6.07, 6.45) is 1.95. The first kappa shape index (κ1) is 27.2. The number of carboxylic acid groups (broad SMARTS) is 1. The molecular weight excluding hydrogens is 482 g/mol. The summed E-state index contributed by atoms with van der Waals surface area (Å²) >= 11 is 0. The van der Waals surface area contributed by atoms with E-state index in [4.69, 9.17) is 10.8 Å². The summed E-state index contributed by atoms with van der Waals surface area (Å²) in [5, 5.41) is 35.7. The highest BCUT2D eigenvalue weighted by molar-refractivity contribution is 5.94. The average Bonchev–Trinajstić information content (AvgIpc) is 3.29.